The molecule has 2 N–H and O–H groups in total. The van der Waals surface area contributed by atoms with Crippen molar-refractivity contribution in [2.24, 2.45) is 0 Å². The monoisotopic (exact) mass is 366 g/mol. The molecule has 1 aliphatic carbocycles. The van der Waals surface area contributed by atoms with E-state index in [-0.39, 0.29) is 5.91 Å². The zero-order valence-corrected chi connectivity index (χ0v) is 16.2. The Kier molecular flexibility index (Phi) is 5.58. The molecule has 1 saturated heterocycles. The van der Waals surface area contributed by atoms with Crippen LogP contribution < -0.4 is 10.6 Å². The van der Waals surface area contributed by atoms with E-state index in [1.165, 1.54) is 24.8 Å². The van der Waals surface area contributed by atoms with Crippen molar-refractivity contribution in [3.05, 3.63) is 47.3 Å². The predicted octanol–water partition coefficient (Wildman–Crippen LogP) is 3.71. The number of aromatic nitrogens is 2. The quantitative estimate of drug-likeness (QED) is 0.867. The van der Waals surface area contributed by atoms with E-state index in [4.69, 9.17) is 0 Å². The summed E-state index contributed by atoms with van der Waals surface area (Å²) < 4.78 is 1.99. The summed E-state index contributed by atoms with van der Waals surface area (Å²) in [5, 5.41) is 11.3. The van der Waals surface area contributed by atoms with Crippen molar-refractivity contribution >= 4 is 5.91 Å². The SMILES string of the molecule is Cc1ccc(-n2ncc(C(=O)NC3CCCCC3)c2C2CCNCC2)cc1. The molecular formula is C22H30N4O. The van der Waals surface area contributed by atoms with Gasteiger partial charge in [-0.1, -0.05) is 37.0 Å². The number of amides is 1. The number of rotatable bonds is 4. The van der Waals surface area contributed by atoms with Crippen LogP contribution >= 0.6 is 0 Å². The van der Waals surface area contributed by atoms with E-state index in [0.717, 1.165) is 55.7 Å². The number of benzene rings is 1. The Morgan fingerprint density at radius 1 is 1.07 bits per heavy atom. The maximum absolute atomic E-state index is 13.1. The third-order valence-corrected chi connectivity index (χ3v) is 6.00. The molecule has 144 valence electrons. The van der Waals surface area contributed by atoms with Gasteiger partial charge in [-0.3, -0.25) is 4.79 Å². The third-order valence-electron chi connectivity index (χ3n) is 6.00. The number of hydrogen-bond donors (Lipinski definition) is 2. The molecule has 1 aromatic heterocycles. The van der Waals surface area contributed by atoms with Gasteiger partial charge in [-0.05, 0) is 57.8 Å². The molecule has 2 aliphatic rings. The van der Waals surface area contributed by atoms with E-state index in [1.807, 2.05) is 4.68 Å². The molecule has 5 nitrogen and oxygen atoms in total. The third kappa shape index (κ3) is 4.08. The lowest BCUT2D eigenvalue weighted by Gasteiger charge is -2.26. The first kappa shape index (κ1) is 18.2. The van der Waals surface area contributed by atoms with Crippen molar-refractivity contribution in [1.82, 2.24) is 20.4 Å². The van der Waals surface area contributed by atoms with Gasteiger partial charge in [0.1, 0.15) is 0 Å². The highest BCUT2D eigenvalue weighted by molar-refractivity contribution is 5.95. The van der Waals surface area contributed by atoms with Gasteiger partial charge in [0.25, 0.3) is 5.91 Å². The van der Waals surface area contributed by atoms with Gasteiger partial charge in [0.2, 0.25) is 0 Å². The maximum atomic E-state index is 13.1. The summed E-state index contributed by atoms with van der Waals surface area (Å²) in [7, 11) is 0. The van der Waals surface area contributed by atoms with Crippen LogP contribution in [0.25, 0.3) is 5.69 Å². The lowest BCUT2D eigenvalue weighted by atomic mass is 9.91. The largest absolute Gasteiger partial charge is 0.349 e. The van der Waals surface area contributed by atoms with Crippen LogP contribution in [0, 0.1) is 6.92 Å². The van der Waals surface area contributed by atoms with Crippen molar-refractivity contribution in [2.45, 2.75) is 63.8 Å². The molecule has 0 radical (unpaired) electrons. The van der Waals surface area contributed by atoms with Crippen LogP contribution in [-0.2, 0) is 0 Å². The summed E-state index contributed by atoms with van der Waals surface area (Å²) in [5.74, 6) is 0.413. The van der Waals surface area contributed by atoms with Crippen LogP contribution in [0.4, 0.5) is 0 Å². The molecule has 1 amide bonds. The summed E-state index contributed by atoms with van der Waals surface area (Å²) in [6.07, 6.45) is 9.78. The van der Waals surface area contributed by atoms with Crippen molar-refractivity contribution in [3.8, 4) is 5.69 Å². The number of nitrogens with one attached hydrogen (secondary N) is 2. The van der Waals surface area contributed by atoms with Crippen LogP contribution in [0.2, 0.25) is 0 Å². The fourth-order valence-electron chi connectivity index (χ4n) is 4.42. The Morgan fingerprint density at radius 2 is 1.78 bits per heavy atom. The van der Waals surface area contributed by atoms with Gasteiger partial charge < -0.3 is 10.6 Å². The van der Waals surface area contributed by atoms with Gasteiger partial charge in [-0.2, -0.15) is 5.10 Å². The standard InChI is InChI=1S/C22H30N4O/c1-16-7-9-19(10-8-16)26-21(17-11-13-23-14-12-17)20(15-24-26)22(27)25-18-5-3-2-4-6-18/h7-10,15,17-18,23H,2-6,11-14H2,1H3,(H,25,27). The van der Waals surface area contributed by atoms with E-state index >= 15 is 0 Å². The van der Waals surface area contributed by atoms with Gasteiger partial charge in [0, 0.05) is 12.0 Å². The number of carbonyl (C=O) groups is 1. The van der Waals surface area contributed by atoms with Crippen molar-refractivity contribution in [2.75, 3.05) is 13.1 Å². The Bertz CT molecular complexity index is 768. The van der Waals surface area contributed by atoms with Crippen molar-refractivity contribution < 1.29 is 4.79 Å². The van der Waals surface area contributed by atoms with Gasteiger partial charge in [-0.25, -0.2) is 4.68 Å². The molecule has 2 fully saturated rings. The summed E-state index contributed by atoms with van der Waals surface area (Å²) in [5.41, 5.74) is 4.09. The number of aryl methyl sites for hydroxylation is 1. The first-order valence-corrected chi connectivity index (χ1v) is 10.4. The first-order chi connectivity index (χ1) is 13.2. The highest BCUT2D eigenvalue weighted by Gasteiger charge is 2.28. The van der Waals surface area contributed by atoms with Crippen LogP contribution in [0.1, 0.15) is 72.5 Å². The first-order valence-electron chi connectivity index (χ1n) is 10.4. The predicted molar refractivity (Wildman–Crippen MR) is 107 cm³/mol. The molecular weight excluding hydrogens is 336 g/mol. The average molecular weight is 367 g/mol. The van der Waals surface area contributed by atoms with Crippen LogP contribution in [0.5, 0.6) is 0 Å². The van der Waals surface area contributed by atoms with E-state index in [2.05, 4.69) is 46.9 Å². The molecule has 0 unspecified atom stereocenters. The average Bonchev–Trinajstić information content (AvgIpc) is 3.15. The van der Waals surface area contributed by atoms with Gasteiger partial charge in [-0.15, -0.1) is 0 Å². The minimum atomic E-state index is 0.0498. The van der Waals surface area contributed by atoms with Crippen LogP contribution in [0.15, 0.2) is 30.5 Å². The molecule has 1 aromatic carbocycles. The molecule has 1 saturated carbocycles. The molecule has 0 spiro atoms. The zero-order chi connectivity index (χ0) is 18.6. The van der Waals surface area contributed by atoms with Crippen LogP contribution in [0.3, 0.4) is 0 Å². The lowest BCUT2D eigenvalue weighted by Crippen LogP contribution is -2.37. The molecule has 0 bridgehead atoms. The second-order valence-electron chi connectivity index (χ2n) is 8.02. The summed E-state index contributed by atoms with van der Waals surface area (Å²) in [4.78, 5) is 13.1. The molecule has 4 rings (SSSR count). The Balaban J connectivity index is 1.65. The topological polar surface area (TPSA) is 59.0 Å². The Morgan fingerprint density at radius 3 is 2.48 bits per heavy atom. The Labute approximate surface area is 161 Å². The van der Waals surface area contributed by atoms with Crippen LogP contribution in [-0.4, -0.2) is 34.8 Å². The van der Waals surface area contributed by atoms with Gasteiger partial charge in [0.15, 0.2) is 0 Å². The molecule has 1 aliphatic heterocycles. The number of nitrogens with zero attached hydrogens (tertiary/aromatic N) is 2. The molecule has 2 aromatic rings. The summed E-state index contributed by atoms with van der Waals surface area (Å²) in [6.45, 7) is 4.07. The van der Waals surface area contributed by atoms with E-state index in [9.17, 15) is 4.79 Å². The normalized spacial score (nSPS) is 19.1. The van der Waals surface area contributed by atoms with E-state index in [0.29, 0.717) is 12.0 Å². The number of carbonyl (C=O) groups excluding carboxylic acids is 1. The summed E-state index contributed by atoms with van der Waals surface area (Å²) >= 11 is 0. The minimum absolute atomic E-state index is 0.0498. The highest BCUT2D eigenvalue weighted by atomic mass is 16.1. The molecule has 27 heavy (non-hydrogen) atoms. The van der Waals surface area contributed by atoms with Crippen molar-refractivity contribution in [3.63, 3.8) is 0 Å². The fraction of sp³-hybridized carbons (Fsp3) is 0.545. The molecule has 5 heteroatoms. The summed E-state index contributed by atoms with van der Waals surface area (Å²) in [6, 6.07) is 8.70. The van der Waals surface area contributed by atoms with E-state index < -0.39 is 0 Å². The van der Waals surface area contributed by atoms with Crippen molar-refractivity contribution in [1.29, 1.82) is 0 Å². The Hall–Kier alpha value is -2.14. The minimum Gasteiger partial charge on any atom is -0.349 e. The second-order valence-corrected chi connectivity index (χ2v) is 8.02. The maximum Gasteiger partial charge on any atom is 0.255 e. The smallest absolute Gasteiger partial charge is 0.255 e. The van der Waals surface area contributed by atoms with Gasteiger partial charge >= 0.3 is 0 Å². The molecule has 2 heterocycles. The second kappa shape index (κ2) is 8.26. The van der Waals surface area contributed by atoms with Gasteiger partial charge in [0.05, 0.1) is 23.1 Å². The highest BCUT2D eigenvalue weighted by Crippen LogP contribution is 2.30. The number of piperidine rings is 1. The van der Waals surface area contributed by atoms with E-state index in [1.54, 1.807) is 6.20 Å². The number of hydrogen-bond acceptors (Lipinski definition) is 3. The zero-order valence-electron chi connectivity index (χ0n) is 16.2. The lowest BCUT2D eigenvalue weighted by molar-refractivity contribution is 0.0926. The fourth-order valence-corrected chi connectivity index (χ4v) is 4.42. The molecule has 0 atom stereocenters.